The second-order valence-corrected chi connectivity index (χ2v) is 5.66. The molecule has 0 spiro atoms. The molecule has 4 heteroatoms. The van der Waals surface area contributed by atoms with Crippen molar-refractivity contribution in [2.45, 2.75) is 45.7 Å². The Morgan fingerprint density at radius 3 is 2.47 bits per heavy atom. The lowest BCUT2D eigenvalue weighted by Gasteiger charge is -2.34. The van der Waals surface area contributed by atoms with Gasteiger partial charge in [-0.05, 0) is 36.0 Å². The quantitative estimate of drug-likeness (QED) is 0.879. The van der Waals surface area contributed by atoms with Crippen molar-refractivity contribution >= 4 is 0 Å². The second kappa shape index (κ2) is 5.87. The van der Waals surface area contributed by atoms with E-state index in [1.165, 1.54) is 25.0 Å². The number of nitrogens with one attached hydrogen (secondary N) is 1. The SMILES string of the molecule is CC1CCCC(NCc2cc(F)c(O)c(F)c2)C1C. The first-order chi connectivity index (χ1) is 8.99. The van der Waals surface area contributed by atoms with Gasteiger partial charge < -0.3 is 10.4 Å². The second-order valence-electron chi connectivity index (χ2n) is 5.66. The van der Waals surface area contributed by atoms with Gasteiger partial charge in [0.05, 0.1) is 0 Å². The van der Waals surface area contributed by atoms with Gasteiger partial charge in [-0.2, -0.15) is 0 Å². The highest BCUT2D eigenvalue weighted by atomic mass is 19.1. The lowest BCUT2D eigenvalue weighted by molar-refractivity contribution is 0.206. The van der Waals surface area contributed by atoms with Crippen LogP contribution in [0.25, 0.3) is 0 Å². The Balaban J connectivity index is 1.99. The Labute approximate surface area is 112 Å². The van der Waals surface area contributed by atoms with Crippen LogP contribution in [0.1, 0.15) is 38.7 Å². The lowest BCUT2D eigenvalue weighted by Crippen LogP contribution is -2.40. The van der Waals surface area contributed by atoms with Crippen molar-refractivity contribution in [2.75, 3.05) is 0 Å². The summed E-state index contributed by atoms with van der Waals surface area (Å²) in [6.07, 6.45) is 3.55. The largest absolute Gasteiger partial charge is 0.503 e. The average Bonchev–Trinajstić information content (AvgIpc) is 2.37. The van der Waals surface area contributed by atoms with Gasteiger partial charge in [0.25, 0.3) is 0 Å². The third-order valence-electron chi connectivity index (χ3n) is 4.35. The molecule has 0 radical (unpaired) electrons. The summed E-state index contributed by atoms with van der Waals surface area (Å²) in [5, 5.41) is 12.4. The summed E-state index contributed by atoms with van der Waals surface area (Å²) in [4.78, 5) is 0. The Bertz CT molecular complexity index is 427. The minimum atomic E-state index is -0.901. The van der Waals surface area contributed by atoms with E-state index in [2.05, 4.69) is 19.2 Å². The van der Waals surface area contributed by atoms with Gasteiger partial charge in [-0.3, -0.25) is 0 Å². The Morgan fingerprint density at radius 1 is 1.21 bits per heavy atom. The predicted molar refractivity (Wildman–Crippen MR) is 70.8 cm³/mol. The molecule has 0 amide bonds. The standard InChI is InChI=1S/C15H21F2NO/c1-9-4-3-5-14(10(9)2)18-8-11-6-12(16)15(19)13(17)7-11/h6-7,9-10,14,18-19H,3-5,8H2,1-2H3. The molecule has 1 aliphatic carbocycles. The number of aromatic hydroxyl groups is 1. The van der Waals surface area contributed by atoms with E-state index in [0.29, 0.717) is 30.0 Å². The van der Waals surface area contributed by atoms with Gasteiger partial charge in [0, 0.05) is 12.6 Å². The summed E-state index contributed by atoms with van der Waals surface area (Å²) < 4.78 is 26.5. The Hall–Kier alpha value is -1.16. The van der Waals surface area contributed by atoms with Crippen LogP contribution in [0.2, 0.25) is 0 Å². The number of hydrogen-bond acceptors (Lipinski definition) is 2. The summed E-state index contributed by atoms with van der Waals surface area (Å²) in [5.41, 5.74) is 0.526. The van der Waals surface area contributed by atoms with Crippen molar-refractivity contribution in [1.82, 2.24) is 5.32 Å². The first kappa shape index (κ1) is 14.3. The van der Waals surface area contributed by atoms with E-state index < -0.39 is 17.4 Å². The summed E-state index contributed by atoms with van der Waals surface area (Å²) in [6.45, 7) is 4.90. The van der Waals surface area contributed by atoms with Crippen LogP contribution in [0.4, 0.5) is 8.78 Å². The molecule has 0 aromatic heterocycles. The number of phenolic OH excluding ortho intramolecular Hbond substituents is 1. The first-order valence-corrected chi connectivity index (χ1v) is 6.89. The molecule has 1 aliphatic rings. The van der Waals surface area contributed by atoms with Crippen LogP contribution in [-0.4, -0.2) is 11.1 Å². The highest BCUT2D eigenvalue weighted by molar-refractivity contribution is 5.30. The van der Waals surface area contributed by atoms with E-state index >= 15 is 0 Å². The Kier molecular flexibility index (Phi) is 4.40. The summed E-state index contributed by atoms with van der Waals surface area (Å²) in [7, 11) is 0. The molecule has 2 N–H and O–H groups in total. The number of phenols is 1. The Morgan fingerprint density at radius 2 is 1.84 bits per heavy atom. The molecule has 2 nitrogen and oxygen atoms in total. The smallest absolute Gasteiger partial charge is 0.187 e. The van der Waals surface area contributed by atoms with Crippen LogP contribution in [0.15, 0.2) is 12.1 Å². The fourth-order valence-corrected chi connectivity index (χ4v) is 2.84. The van der Waals surface area contributed by atoms with Crippen molar-refractivity contribution in [3.05, 3.63) is 29.3 Å². The van der Waals surface area contributed by atoms with Gasteiger partial charge in [0.1, 0.15) is 0 Å². The molecule has 1 aromatic rings. The third kappa shape index (κ3) is 3.24. The van der Waals surface area contributed by atoms with Crippen LogP contribution < -0.4 is 5.32 Å². The molecule has 0 saturated heterocycles. The van der Waals surface area contributed by atoms with Crippen LogP contribution in [-0.2, 0) is 6.54 Å². The monoisotopic (exact) mass is 269 g/mol. The van der Waals surface area contributed by atoms with Crippen molar-refractivity contribution < 1.29 is 13.9 Å². The third-order valence-corrected chi connectivity index (χ3v) is 4.35. The molecule has 0 bridgehead atoms. The van der Waals surface area contributed by atoms with Gasteiger partial charge in [0.15, 0.2) is 17.4 Å². The maximum Gasteiger partial charge on any atom is 0.187 e. The van der Waals surface area contributed by atoms with Gasteiger partial charge in [-0.1, -0.05) is 26.7 Å². The molecule has 19 heavy (non-hydrogen) atoms. The van der Waals surface area contributed by atoms with Crippen LogP contribution in [0.5, 0.6) is 5.75 Å². The molecule has 1 aromatic carbocycles. The maximum absolute atomic E-state index is 13.2. The fourth-order valence-electron chi connectivity index (χ4n) is 2.84. The van der Waals surface area contributed by atoms with E-state index in [9.17, 15) is 8.78 Å². The number of hydrogen-bond donors (Lipinski definition) is 2. The minimum Gasteiger partial charge on any atom is -0.503 e. The highest BCUT2D eigenvalue weighted by Crippen LogP contribution is 2.30. The maximum atomic E-state index is 13.2. The zero-order valence-electron chi connectivity index (χ0n) is 11.4. The molecular weight excluding hydrogens is 248 g/mol. The van der Waals surface area contributed by atoms with Crippen molar-refractivity contribution in [3.63, 3.8) is 0 Å². The average molecular weight is 269 g/mol. The molecule has 1 fully saturated rings. The van der Waals surface area contributed by atoms with E-state index in [4.69, 9.17) is 5.11 Å². The molecule has 3 unspecified atom stereocenters. The topological polar surface area (TPSA) is 32.3 Å². The number of benzene rings is 1. The van der Waals surface area contributed by atoms with E-state index in [0.717, 1.165) is 6.42 Å². The molecular formula is C15H21F2NO. The predicted octanol–water partition coefficient (Wildman–Crippen LogP) is 3.58. The van der Waals surface area contributed by atoms with E-state index in [1.54, 1.807) is 0 Å². The van der Waals surface area contributed by atoms with Gasteiger partial charge in [-0.25, -0.2) is 8.78 Å². The first-order valence-electron chi connectivity index (χ1n) is 6.89. The van der Waals surface area contributed by atoms with Gasteiger partial charge >= 0.3 is 0 Å². The molecule has 106 valence electrons. The number of halogens is 2. The lowest BCUT2D eigenvalue weighted by atomic mass is 9.78. The van der Waals surface area contributed by atoms with Crippen LogP contribution in [0.3, 0.4) is 0 Å². The van der Waals surface area contributed by atoms with Gasteiger partial charge in [-0.15, -0.1) is 0 Å². The molecule has 3 atom stereocenters. The summed E-state index contributed by atoms with van der Waals surface area (Å²) in [6, 6.07) is 2.76. The normalized spacial score (nSPS) is 27.5. The zero-order chi connectivity index (χ0) is 14.0. The zero-order valence-corrected chi connectivity index (χ0v) is 11.4. The highest BCUT2D eigenvalue weighted by Gasteiger charge is 2.26. The molecule has 0 aliphatic heterocycles. The molecule has 2 rings (SSSR count). The number of rotatable bonds is 3. The fraction of sp³-hybridized carbons (Fsp3) is 0.600. The molecule has 0 heterocycles. The summed E-state index contributed by atoms with van der Waals surface area (Å²) in [5.74, 6) is -1.45. The van der Waals surface area contributed by atoms with Gasteiger partial charge in [0.2, 0.25) is 0 Å². The van der Waals surface area contributed by atoms with Crippen LogP contribution >= 0.6 is 0 Å². The van der Waals surface area contributed by atoms with E-state index in [-0.39, 0.29) is 0 Å². The van der Waals surface area contributed by atoms with E-state index in [1.807, 2.05) is 0 Å². The summed E-state index contributed by atoms with van der Waals surface area (Å²) >= 11 is 0. The molecule has 1 saturated carbocycles. The van der Waals surface area contributed by atoms with Crippen molar-refractivity contribution in [3.8, 4) is 5.75 Å². The van der Waals surface area contributed by atoms with Crippen LogP contribution in [0, 0.1) is 23.5 Å². The van der Waals surface area contributed by atoms with Crippen molar-refractivity contribution in [2.24, 2.45) is 11.8 Å². The minimum absolute atomic E-state index is 0.392. The van der Waals surface area contributed by atoms with Crippen molar-refractivity contribution in [1.29, 1.82) is 0 Å².